The van der Waals surface area contributed by atoms with Crippen molar-refractivity contribution in [2.75, 3.05) is 18.9 Å². The third-order valence-corrected chi connectivity index (χ3v) is 2.58. The second-order valence-corrected chi connectivity index (χ2v) is 5.96. The standard InChI is InChI=1S/C15H19F3N2O3/c1-14(2,3)23-13(22)20(4)9-12(21)19-11-7-5-10(6-8-11)15(16,17)18/h5-8H,9H2,1-4H3,(H,19,21). The highest BCUT2D eigenvalue weighted by atomic mass is 19.4. The number of carbonyl (C=O) groups excluding carboxylic acids is 2. The van der Waals surface area contributed by atoms with Crippen molar-refractivity contribution in [2.24, 2.45) is 0 Å². The third kappa shape index (κ3) is 6.58. The van der Waals surface area contributed by atoms with E-state index in [1.807, 2.05) is 0 Å². The number of halogens is 3. The molecule has 0 aliphatic carbocycles. The Bertz CT molecular complexity index is 563. The number of anilines is 1. The fourth-order valence-electron chi connectivity index (χ4n) is 1.56. The van der Waals surface area contributed by atoms with E-state index in [9.17, 15) is 22.8 Å². The monoisotopic (exact) mass is 332 g/mol. The minimum absolute atomic E-state index is 0.209. The van der Waals surface area contributed by atoms with Crippen LogP contribution in [0.3, 0.4) is 0 Å². The zero-order valence-electron chi connectivity index (χ0n) is 13.3. The van der Waals surface area contributed by atoms with Gasteiger partial charge in [-0.3, -0.25) is 4.79 Å². The minimum atomic E-state index is -4.43. The lowest BCUT2D eigenvalue weighted by Gasteiger charge is -2.24. The van der Waals surface area contributed by atoms with Crippen LogP contribution < -0.4 is 5.32 Å². The second kappa shape index (κ2) is 6.89. The summed E-state index contributed by atoms with van der Waals surface area (Å²) in [6.07, 6.45) is -5.10. The van der Waals surface area contributed by atoms with E-state index < -0.39 is 29.3 Å². The van der Waals surface area contributed by atoms with E-state index in [0.29, 0.717) is 0 Å². The average molecular weight is 332 g/mol. The minimum Gasteiger partial charge on any atom is -0.444 e. The third-order valence-electron chi connectivity index (χ3n) is 2.58. The molecule has 0 fully saturated rings. The van der Waals surface area contributed by atoms with Gasteiger partial charge in [-0.2, -0.15) is 13.2 Å². The number of nitrogens with zero attached hydrogens (tertiary/aromatic N) is 1. The number of amides is 2. The summed E-state index contributed by atoms with van der Waals surface area (Å²) in [5.41, 5.74) is -1.28. The van der Waals surface area contributed by atoms with Gasteiger partial charge in [0.25, 0.3) is 0 Å². The average Bonchev–Trinajstić information content (AvgIpc) is 2.35. The summed E-state index contributed by atoms with van der Waals surface area (Å²) in [6, 6.07) is 4.03. The summed E-state index contributed by atoms with van der Waals surface area (Å²) < 4.78 is 42.4. The van der Waals surface area contributed by atoms with Gasteiger partial charge >= 0.3 is 12.3 Å². The zero-order valence-corrected chi connectivity index (χ0v) is 13.3. The highest BCUT2D eigenvalue weighted by molar-refractivity contribution is 5.93. The molecule has 0 radical (unpaired) electrons. The van der Waals surface area contributed by atoms with Gasteiger partial charge in [-0.05, 0) is 45.0 Å². The van der Waals surface area contributed by atoms with Crippen molar-refractivity contribution in [1.29, 1.82) is 0 Å². The number of carbonyl (C=O) groups is 2. The Labute approximate surface area is 132 Å². The molecule has 128 valence electrons. The molecule has 8 heteroatoms. The van der Waals surface area contributed by atoms with Gasteiger partial charge in [-0.1, -0.05) is 0 Å². The topological polar surface area (TPSA) is 58.6 Å². The van der Waals surface area contributed by atoms with Crippen molar-refractivity contribution in [3.8, 4) is 0 Å². The predicted molar refractivity (Wildman–Crippen MR) is 78.9 cm³/mol. The molecule has 1 N–H and O–H groups in total. The van der Waals surface area contributed by atoms with Gasteiger partial charge in [0.05, 0.1) is 5.56 Å². The van der Waals surface area contributed by atoms with Crippen molar-refractivity contribution < 1.29 is 27.5 Å². The molecule has 0 aromatic heterocycles. The molecule has 0 aliphatic heterocycles. The van der Waals surface area contributed by atoms with Gasteiger partial charge in [-0.25, -0.2) is 4.79 Å². The molecular formula is C15H19F3N2O3. The van der Waals surface area contributed by atoms with Crippen LogP contribution >= 0.6 is 0 Å². The van der Waals surface area contributed by atoms with Crippen LogP contribution in [0.5, 0.6) is 0 Å². The van der Waals surface area contributed by atoms with Gasteiger partial charge in [0.2, 0.25) is 5.91 Å². The maximum atomic E-state index is 12.4. The quantitative estimate of drug-likeness (QED) is 0.921. The molecule has 1 rings (SSSR count). The Hall–Kier alpha value is -2.25. The molecule has 2 amide bonds. The highest BCUT2D eigenvalue weighted by Gasteiger charge is 2.30. The van der Waals surface area contributed by atoms with Gasteiger partial charge in [0.1, 0.15) is 12.1 Å². The van der Waals surface area contributed by atoms with Gasteiger partial charge < -0.3 is 15.0 Å². The van der Waals surface area contributed by atoms with E-state index in [-0.39, 0.29) is 12.2 Å². The van der Waals surface area contributed by atoms with Crippen LogP contribution in [0.1, 0.15) is 26.3 Å². The largest absolute Gasteiger partial charge is 0.444 e. The van der Waals surface area contributed by atoms with E-state index in [0.717, 1.165) is 29.2 Å². The first-order valence-electron chi connectivity index (χ1n) is 6.80. The summed E-state index contributed by atoms with van der Waals surface area (Å²) in [5, 5.41) is 2.41. The number of benzene rings is 1. The van der Waals surface area contributed by atoms with Crippen molar-refractivity contribution in [3.63, 3.8) is 0 Å². The summed E-state index contributed by atoms with van der Waals surface area (Å²) in [5.74, 6) is -0.543. The normalized spacial score (nSPS) is 11.8. The first-order valence-corrected chi connectivity index (χ1v) is 6.80. The van der Waals surface area contributed by atoms with E-state index in [2.05, 4.69) is 5.32 Å². The molecule has 0 aliphatic rings. The molecule has 1 aromatic rings. The molecule has 0 unspecified atom stereocenters. The molecule has 0 saturated heterocycles. The van der Waals surface area contributed by atoms with Crippen molar-refractivity contribution in [1.82, 2.24) is 4.90 Å². The molecule has 0 spiro atoms. The molecule has 0 bridgehead atoms. The number of alkyl halides is 3. The Morgan fingerprint density at radius 1 is 1.13 bits per heavy atom. The number of hydrogen-bond donors (Lipinski definition) is 1. The maximum Gasteiger partial charge on any atom is 0.416 e. The summed E-state index contributed by atoms with van der Waals surface area (Å²) >= 11 is 0. The van der Waals surface area contributed by atoms with E-state index >= 15 is 0 Å². The lowest BCUT2D eigenvalue weighted by molar-refractivity contribution is -0.137. The summed E-state index contributed by atoms with van der Waals surface area (Å²) in [7, 11) is 1.39. The van der Waals surface area contributed by atoms with Crippen LogP contribution in [0.2, 0.25) is 0 Å². The smallest absolute Gasteiger partial charge is 0.416 e. The molecule has 1 aromatic carbocycles. The fourth-order valence-corrected chi connectivity index (χ4v) is 1.56. The number of likely N-dealkylation sites (N-methyl/N-ethyl adjacent to an activating group) is 1. The van der Waals surface area contributed by atoms with E-state index in [4.69, 9.17) is 4.74 Å². The van der Waals surface area contributed by atoms with Crippen LogP contribution in [0.15, 0.2) is 24.3 Å². The Morgan fingerprint density at radius 2 is 1.65 bits per heavy atom. The zero-order chi connectivity index (χ0) is 17.8. The van der Waals surface area contributed by atoms with E-state index in [1.165, 1.54) is 7.05 Å². The molecule has 0 saturated carbocycles. The van der Waals surface area contributed by atoms with E-state index in [1.54, 1.807) is 20.8 Å². The van der Waals surface area contributed by atoms with Crippen LogP contribution in [0, 0.1) is 0 Å². The van der Waals surface area contributed by atoms with Crippen molar-refractivity contribution in [2.45, 2.75) is 32.5 Å². The van der Waals surface area contributed by atoms with Crippen LogP contribution in [0.4, 0.5) is 23.7 Å². The van der Waals surface area contributed by atoms with Crippen molar-refractivity contribution in [3.05, 3.63) is 29.8 Å². The number of hydrogen-bond acceptors (Lipinski definition) is 3. The first-order chi connectivity index (χ1) is 10.4. The Kier molecular flexibility index (Phi) is 5.63. The maximum absolute atomic E-state index is 12.4. The predicted octanol–water partition coefficient (Wildman–Crippen LogP) is 3.51. The van der Waals surface area contributed by atoms with Crippen LogP contribution in [-0.2, 0) is 15.7 Å². The molecule has 5 nitrogen and oxygen atoms in total. The van der Waals surface area contributed by atoms with Gasteiger partial charge in [-0.15, -0.1) is 0 Å². The first kappa shape index (κ1) is 18.8. The Balaban J connectivity index is 2.58. The molecule has 23 heavy (non-hydrogen) atoms. The van der Waals surface area contributed by atoms with Crippen LogP contribution in [0.25, 0.3) is 0 Å². The highest BCUT2D eigenvalue weighted by Crippen LogP contribution is 2.29. The number of rotatable bonds is 3. The lowest BCUT2D eigenvalue weighted by atomic mass is 10.2. The molecular weight excluding hydrogens is 313 g/mol. The van der Waals surface area contributed by atoms with Gasteiger partial charge in [0.15, 0.2) is 0 Å². The number of nitrogens with one attached hydrogen (secondary N) is 1. The molecule has 0 heterocycles. The van der Waals surface area contributed by atoms with Gasteiger partial charge in [0, 0.05) is 12.7 Å². The molecule has 0 atom stereocenters. The summed E-state index contributed by atoms with van der Waals surface area (Å²) in [6.45, 7) is 4.80. The second-order valence-electron chi connectivity index (χ2n) is 5.96. The Morgan fingerprint density at radius 3 is 2.09 bits per heavy atom. The summed E-state index contributed by atoms with van der Waals surface area (Å²) in [4.78, 5) is 24.6. The fraction of sp³-hybridized carbons (Fsp3) is 0.467. The number of ether oxygens (including phenoxy) is 1. The lowest BCUT2D eigenvalue weighted by Crippen LogP contribution is -2.38. The van der Waals surface area contributed by atoms with Crippen LogP contribution in [-0.4, -0.2) is 36.1 Å². The SMILES string of the molecule is CN(CC(=O)Nc1ccc(C(F)(F)F)cc1)C(=O)OC(C)(C)C. The van der Waals surface area contributed by atoms with Crippen molar-refractivity contribution >= 4 is 17.7 Å².